The van der Waals surface area contributed by atoms with Crippen molar-refractivity contribution < 1.29 is 9.47 Å². The lowest BCUT2D eigenvalue weighted by Crippen LogP contribution is -1.97. The number of methoxy groups -OCH3 is 1. The van der Waals surface area contributed by atoms with E-state index in [1.165, 1.54) is 0 Å². The molecule has 0 saturated heterocycles. The summed E-state index contributed by atoms with van der Waals surface area (Å²) in [4.78, 5) is 9.63. The number of anilines is 2. The fraction of sp³-hybridized carbons (Fsp3) is 0.130. The van der Waals surface area contributed by atoms with Crippen molar-refractivity contribution in [2.45, 2.75) is 13.5 Å². The molecule has 0 spiro atoms. The molecule has 0 unspecified atom stereocenters. The summed E-state index contributed by atoms with van der Waals surface area (Å²) in [7, 11) is 1.58. The van der Waals surface area contributed by atoms with Crippen LogP contribution in [-0.2, 0) is 6.61 Å². The first-order valence-electron chi connectivity index (χ1n) is 9.83. The number of benzene rings is 2. The molecule has 33 heavy (non-hydrogen) atoms. The topological polar surface area (TPSA) is 108 Å². The van der Waals surface area contributed by atoms with Crippen molar-refractivity contribution in [1.29, 1.82) is 5.26 Å². The van der Waals surface area contributed by atoms with Gasteiger partial charge in [-0.2, -0.15) is 10.4 Å². The van der Waals surface area contributed by atoms with Gasteiger partial charge >= 0.3 is 0 Å². The number of aryl methyl sites for hydroxylation is 1. The zero-order chi connectivity index (χ0) is 23.2. The number of hydrogen-bond donors (Lipinski definition) is 2. The molecule has 0 saturated carbocycles. The van der Waals surface area contributed by atoms with Crippen LogP contribution in [0.3, 0.4) is 0 Å². The zero-order valence-corrected chi connectivity index (χ0v) is 19.4. The summed E-state index contributed by atoms with van der Waals surface area (Å²) in [6.45, 7) is 2.37. The number of ether oxygens (including phenoxy) is 2. The minimum Gasteiger partial charge on any atom is -0.493 e. The fourth-order valence-electron chi connectivity index (χ4n) is 2.97. The lowest BCUT2D eigenvalue weighted by Gasteiger charge is -2.10. The number of hydrogen-bond acceptors (Lipinski definition) is 8. The van der Waals surface area contributed by atoms with Crippen LogP contribution in [0.1, 0.15) is 21.0 Å². The third kappa shape index (κ3) is 5.49. The maximum Gasteiger partial charge on any atom is 0.193 e. The molecule has 0 bridgehead atoms. The van der Waals surface area contributed by atoms with E-state index in [1.807, 2.05) is 31.2 Å². The Balaban J connectivity index is 1.49. The monoisotopic (exact) mass is 478 g/mol. The number of aliphatic imine (C=N–C) groups is 1. The van der Waals surface area contributed by atoms with Crippen LogP contribution < -0.4 is 14.8 Å². The summed E-state index contributed by atoms with van der Waals surface area (Å²) in [5.74, 6) is 1.89. The maximum atomic E-state index is 9.60. The van der Waals surface area contributed by atoms with Crippen LogP contribution in [0.4, 0.5) is 17.3 Å². The van der Waals surface area contributed by atoms with E-state index < -0.39 is 0 Å². The summed E-state index contributed by atoms with van der Waals surface area (Å²) >= 11 is 7.61. The van der Waals surface area contributed by atoms with Crippen molar-refractivity contribution >= 4 is 46.5 Å². The van der Waals surface area contributed by atoms with Gasteiger partial charge in [0.05, 0.1) is 17.0 Å². The van der Waals surface area contributed by atoms with Crippen molar-refractivity contribution in [3.05, 3.63) is 74.7 Å². The first-order chi connectivity index (χ1) is 16.1. The van der Waals surface area contributed by atoms with Crippen LogP contribution in [0.2, 0.25) is 5.02 Å². The quantitative estimate of drug-likeness (QED) is 0.311. The van der Waals surface area contributed by atoms with E-state index in [0.29, 0.717) is 28.9 Å². The Labute approximate surface area is 199 Å². The first kappa shape index (κ1) is 22.3. The molecule has 2 aromatic carbocycles. The van der Waals surface area contributed by atoms with E-state index in [2.05, 4.69) is 31.6 Å². The van der Waals surface area contributed by atoms with Crippen LogP contribution in [0, 0.1) is 18.3 Å². The van der Waals surface area contributed by atoms with E-state index in [1.54, 1.807) is 49.1 Å². The maximum absolute atomic E-state index is 9.60. The molecular weight excluding hydrogens is 460 g/mol. The van der Waals surface area contributed by atoms with E-state index in [0.717, 1.165) is 21.1 Å². The van der Waals surface area contributed by atoms with E-state index >= 15 is 0 Å². The molecule has 166 valence electrons. The van der Waals surface area contributed by atoms with Gasteiger partial charge in [-0.15, -0.1) is 11.3 Å². The van der Waals surface area contributed by atoms with Crippen molar-refractivity contribution in [3.63, 3.8) is 0 Å². The number of halogens is 1. The van der Waals surface area contributed by atoms with Crippen molar-refractivity contribution in [3.8, 4) is 17.6 Å². The summed E-state index contributed by atoms with van der Waals surface area (Å²) in [5, 5.41) is 21.2. The lowest BCUT2D eigenvalue weighted by atomic mass is 10.2. The second-order valence-electron chi connectivity index (χ2n) is 6.85. The molecule has 8 nitrogen and oxygen atoms in total. The van der Waals surface area contributed by atoms with Crippen LogP contribution in [0.25, 0.3) is 0 Å². The Morgan fingerprint density at radius 3 is 2.88 bits per heavy atom. The highest BCUT2D eigenvalue weighted by Crippen LogP contribution is 2.30. The van der Waals surface area contributed by atoms with Gasteiger partial charge in [0, 0.05) is 23.1 Å². The Morgan fingerprint density at radius 1 is 1.27 bits per heavy atom. The molecule has 0 atom stereocenters. The van der Waals surface area contributed by atoms with Gasteiger partial charge in [-0.05, 0) is 48.9 Å². The average Bonchev–Trinajstić information content (AvgIpc) is 3.41. The molecule has 2 N–H and O–H groups in total. The number of thiazole rings is 1. The third-order valence-corrected chi connectivity index (χ3v) is 5.64. The van der Waals surface area contributed by atoms with E-state index in [4.69, 9.17) is 21.1 Å². The summed E-state index contributed by atoms with van der Waals surface area (Å²) < 4.78 is 11.3. The average molecular weight is 479 g/mol. The molecule has 4 rings (SSSR count). The second kappa shape index (κ2) is 10.2. The molecule has 0 aliphatic heterocycles. The van der Waals surface area contributed by atoms with Crippen LogP contribution >= 0.6 is 22.9 Å². The minimum atomic E-state index is 0.266. The number of nitrogens with zero attached hydrogens (tertiary/aromatic N) is 4. The first-order valence-corrected chi connectivity index (χ1v) is 11.0. The normalized spacial score (nSPS) is 10.8. The van der Waals surface area contributed by atoms with E-state index in [9.17, 15) is 5.26 Å². The summed E-state index contributed by atoms with van der Waals surface area (Å²) in [5.41, 5.74) is 1.79. The van der Waals surface area contributed by atoms with Crippen molar-refractivity contribution in [2.75, 3.05) is 12.4 Å². The van der Waals surface area contributed by atoms with Crippen LogP contribution in [0.15, 0.2) is 53.7 Å². The number of nitrogens with one attached hydrogen (secondary N) is 2. The highest BCUT2D eigenvalue weighted by atomic mass is 35.5. The molecular formula is C23H19ClN6O2S. The predicted octanol–water partition coefficient (Wildman–Crippen LogP) is 5.78. The fourth-order valence-corrected chi connectivity index (χ4v) is 3.87. The predicted molar refractivity (Wildman–Crippen MR) is 129 cm³/mol. The Hall–Kier alpha value is -3.87. The van der Waals surface area contributed by atoms with Gasteiger partial charge in [0.15, 0.2) is 17.3 Å². The SMILES string of the molecule is COc1cc(C=Nc2n[nH]c(Nc3cccc(Cl)c3)c2C#N)ccc1OCc1cnc(C)s1. The zero-order valence-electron chi connectivity index (χ0n) is 17.8. The Kier molecular flexibility index (Phi) is 6.88. The molecule has 10 heteroatoms. The molecule has 2 heterocycles. The van der Waals surface area contributed by atoms with Crippen LogP contribution in [0.5, 0.6) is 11.5 Å². The Bertz CT molecular complexity index is 1340. The van der Waals surface area contributed by atoms with Gasteiger partial charge < -0.3 is 14.8 Å². The van der Waals surface area contributed by atoms with Crippen molar-refractivity contribution in [2.24, 2.45) is 4.99 Å². The highest BCUT2D eigenvalue weighted by Gasteiger charge is 2.13. The van der Waals surface area contributed by atoms with Gasteiger partial charge in [-0.3, -0.25) is 5.10 Å². The number of aromatic amines is 1. The largest absolute Gasteiger partial charge is 0.493 e. The van der Waals surface area contributed by atoms with Crippen LogP contribution in [-0.4, -0.2) is 28.5 Å². The van der Waals surface area contributed by atoms with Gasteiger partial charge in [-0.25, -0.2) is 9.98 Å². The molecule has 0 aliphatic rings. The molecule has 2 aromatic heterocycles. The summed E-state index contributed by atoms with van der Waals surface area (Å²) in [6, 6.07) is 14.8. The number of rotatable bonds is 8. The second-order valence-corrected chi connectivity index (χ2v) is 8.60. The highest BCUT2D eigenvalue weighted by molar-refractivity contribution is 7.11. The molecule has 0 aliphatic carbocycles. The van der Waals surface area contributed by atoms with Crippen molar-refractivity contribution in [1.82, 2.24) is 15.2 Å². The van der Waals surface area contributed by atoms with Gasteiger partial charge in [0.1, 0.15) is 24.1 Å². The van der Waals surface area contributed by atoms with Gasteiger partial charge in [0.25, 0.3) is 0 Å². The summed E-state index contributed by atoms with van der Waals surface area (Å²) in [6.07, 6.45) is 3.42. The third-order valence-electron chi connectivity index (χ3n) is 4.52. The molecule has 0 amide bonds. The Morgan fingerprint density at radius 2 is 2.15 bits per heavy atom. The molecule has 0 radical (unpaired) electrons. The number of H-pyrrole nitrogens is 1. The standard InChI is InChI=1S/C23H19ClN6O2S/c1-14-26-12-18(33-14)13-32-20-7-6-15(8-21(20)31-2)11-27-22-19(10-25)23(30-29-22)28-17-5-3-4-16(24)9-17/h3-9,11-12H,13H2,1-2H3,(H2,28,29,30). The van der Waals surface area contributed by atoms with E-state index in [-0.39, 0.29) is 11.4 Å². The smallest absolute Gasteiger partial charge is 0.193 e. The molecule has 4 aromatic rings. The minimum absolute atomic E-state index is 0.266. The van der Waals surface area contributed by atoms with Gasteiger partial charge in [-0.1, -0.05) is 17.7 Å². The number of nitriles is 1. The lowest BCUT2D eigenvalue weighted by molar-refractivity contribution is 0.287. The van der Waals surface area contributed by atoms with Gasteiger partial charge in [0.2, 0.25) is 0 Å². The molecule has 0 fully saturated rings. The number of aromatic nitrogens is 3.